The average Bonchev–Trinajstić information content (AvgIpc) is 2.45. The minimum atomic E-state index is -3.61. The molecule has 2 aromatic rings. The number of anilines is 1. The summed E-state index contributed by atoms with van der Waals surface area (Å²) in [7, 11) is -3.61. The van der Waals surface area contributed by atoms with Crippen molar-refractivity contribution in [3.63, 3.8) is 0 Å². The van der Waals surface area contributed by atoms with Crippen molar-refractivity contribution in [1.29, 1.82) is 5.26 Å². The Hall–Kier alpha value is -2.36. The fourth-order valence-electron chi connectivity index (χ4n) is 1.89. The van der Waals surface area contributed by atoms with Crippen molar-refractivity contribution in [3.05, 3.63) is 59.2 Å². The lowest BCUT2D eigenvalue weighted by Gasteiger charge is -2.08. The largest absolute Gasteiger partial charge is 0.399 e. The van der Waals surface area contributed by atoms with E-state index in [0.717, 1.165) is 11.1 Å². The zero-order valence-electron chi connectivity index (χ0n) is 11.5. The lowest BCUT2D eigenvalue weighted by atomic mass is 10.1. The molecule has 2 rings (SSSR count). The van der Waals surface area contributed by atoms with E-state index < -0.39 is 10.0 Å². The average molecular weight is 301 g/mol. The zero-order chi connectivity index (χ0) is 15.5. The Labute approximate surface area is 124 Å². The van der Waals surface area contributed by atoms with Gasteiger partial charge in [0.25, 0.3) is 0 Å². The molecule has 0 fully saturated rings. The highest BCUT2D eigenvalue weighted by Crippen LogP contribution is 2.16. The summed E-state index contributed by atoms with van der Waals surface area (Å²) < 4.78 is 26.9. The number of nitrogens with two attached hydrogens (primary N) is 1. The zero-order valence-corrected chi connectivity index (χ0v) is 12.3. The Balaban J connectivity index is 2.15. The van der Waals surface area contributed by atoms with Gasteiger partial charge in [0.2, 0.25) is 10.0 Å². The Morgan fingerprint density at radius 2 is 1.86 bits per heavy atom. The van der Waals surface area contributed by atoms with E-state index in [9.17, 15) is 8.42 Å². The van der Waals surface area contributed by atoms with Gasteiger partial charge in [0, 0.05) is 12.2 Å². The van der Waals surface area contributed by atoms with Gasteiger partial charge in [0.1, 0.15) is 0 Å². The molecule has 6 heteroatoms. The third-order valence-corrected chi connectivity index (χ3v) is 4.31. The van der Waals surface area contributed by atoms with E-state index in [0.29, 0.717) is 11.3 Å². The van der Waals surface area contributed by atoms with Crippen LogP contribution in [0.2, 0.25) is 0 Å². The van der Waals surface area contributed by atoms with Gasteiger partial charge in [-0.15, -0.1) is 0 Å². The minimum Gasteiger partial charge on any atom is -0.399 e. The van der Waals surface area contributed by atoms with E-state index in [1.54, 1.807) is 43.3 Å². The molecule has 2 aromatic carbocycles. The fraction of sp³-hybridized carbons (Fsp3) is 0.133. The maximum absolute atomic E-state index is 12.2. The molecule has 0 saturated carbocycles. The van der Waals surface area contributed by atoms with E-state index in [1.165, 1.54) is 6.07 Å². The topological polar surface area (TPSA) is 96.0 Å². The van der Waals surface area contributed by atoms with Gasteiger partial charge in [-0.25, -0.2) is 13.1 Å². The molecular formula is C15H15N3O2S. The fourth-order valence-corrected chi connectivity index (χ4v) is 3.05. The monoisotopic (exact) mass is 301 g/mol. The third kappa shape index (κ3) is 3.81. The first-order valence-electron chi connectivity index (χ1n) is 6.26. The third-order valence-electron chi connectivity index (χ3n) is 2.93. The maximum atomic E-state index is 12.2. The molecule has 5 nitrogen and oxygen atoms in total. The molecule has 0 amide bonds. The molecule has 0 aliphatic rings. The van der Waals surface area contributed by atoms with Crippen LogP contribution < -0.4 is 10.5 Å². The summed E-state index contributed by atoms with van der Waals surface area (Å²) in [6.07, 6.45) is 0. The molecule has 0 unspecified atom stereocenters. The normalized spacial score (nSPS) is 11.0. The minimum absolute atomic E-state index is 0.147. The van der Waals surface area contributed by atoms with Crippen molar-refractivity contribution in [3.8, 4) is 6.07 Å². The summed E-state index contributed by atoms with van der Waals surface area (Å²) in [5.41, 5.74) is 8.18. The van der Waals surface area contributed by atoms with Gasteiger partial charge in [-0.1, -0.05) is 12.1 Å². The van der Waals surface area contributed by atoms with Gasteiger partial charge >= 0.3 is 0 Å². The number of nitrogens with zero attached hydrogens (tertiary/aromatic N) is 1. The molecule has 0 aliphatic heterocycles. The second-order valence-corrected chi connectivity index (χ2v) is 6.48. The van der Waals surface area contributed by atoms with Crippen molar-refractivity contribution in [2.75, 3.05) is 5.73 Å². The van der Waals surface area contributed by atoms with E-state index >= 15 is 0 Å². The molecule has 0 atom stereocenters. The molecule has 0 heterocycles. The highest BCUT2D eigenvalue weighted by atomic mass is 32.2. The first-order valence-corrected chi connectivity index (χ1v) is 7.75. The van der Waals surface area contributed by atoms with Crippen molar-refractivity contribution < 1.29 is 8.42 Å². The van der Waals surface area contributed by atoms with Gasteiger partial charge in [-0.2, -0.15) is 5.26 Å². The SMILES string of the molecule is Cc1cc(N)cc(S(=O)(=O)NCc2ccc(C#N)cc2)c1. The van der Waals surface area contributed by atoms with Crippen LogP contribution in [0.3, 0.4) is 0 Å². The highest BCUT2D eigenvalue weighted by molar-refractivity contribution is 7.89. The molecule has 0 spiro atoms. The standard InChI is InChI=1S/C15H15N3O2S/c1-11-6-14(17)8-15(7-11)21(19,20)18-10-13-4-2-12(9-16)3-5-13/h2-8,18H,10,17H2,1H3. The molecule has 0 aliphatic carbocycles. The van der Waals surface area contributed by atoms with Gasteiger partial charge in [-0.05, 0) is 48.4 Å². The van der Waals surface area contributed by atoms with Crippen LogP contribution >= 0.6 is 0 Å². The molecule has 0 aromatic heterocycles. The Bertz CT molecular complexity index is 770. The first-order chi connectivity index (χ1) is 9.90. The molecule has 0 bridgehead atoms. The summed E-state index contributed by atoms with van der Waals surface area (Å²) in [5.74, 6) is 0. The molecule has 21 heavy (non-hydrogen) atoms. The van der Waals surface area contributed by atoms with Gasteiger partial charge in [0.15, 0.2) is 0 Å². The smallest absolute Gasteiger partial charge is 0.240 e. The van der Waals surface area contributed by atoms with Crippen LogP contribution in [0.15, 0.2) is 47.4 Å². The number of hydrogen-bond acceptors (Lipinski definition) is 4. The quantitative estimate of drug-likeness (QED) is 0.843. The first kappa shape index (κ1) is 15.0. The Morgan fingerprint density at radius 1 is 1.19 bits per heavy atom. The van der Waals surface area contributed by atoms with Crippen molar-refractivity contribution in [1.82, 2.24) is 4.72 Å². The number of benzene rings is 2. The van der Waals surface area contributed by atoms with Crippen LogP contribution in [0, 0.1) is 18.3 Å². The maximum Gasteiger partial charge on any atom is 0.240 e. The van der Waals surface area contributed by atoms with Crippen LogP contribution in [0.25, 0.3) is 0 Å². The lowest BCUT2D eigenvalue weighted by Crippen LogP contribution is -2.23. The summed E-state index contributed by atoms with van der Waals surface area (Å²) in [6, 6.07) is 13.4. The van der Waals surface area contributed by atoms with Crippen LogP contribution in [0.4, 0.5) is 5.69 Å². The molecule has 0 radical (unpaired) electrons. The van der Waals surface area contributed by atoms with E-state index in [1.807, 2.05) is 6.07 Å². The number of hydrogen-bond donors (Lipinski definition) is 2. The highest BCUT2D eigenvalue weighted by Gasteiger charge is 2.14. The summed E-state index contributed by atoms with van der Waals surface area (Å²) >= 11 is 0. The van der Waals surface area contributed by atoms with Crippen molar-refractivity contribution >= 4 is 15.7 Å². The number of nitrogens with one attached hydrogen (secondary N) is 1. The number of rotatable bonds is 4. The number of nitrogen functional groups attached to an aromatic ring is 1. The van der Waals surface area contributed by atoms with Crippen LogP contribution in [-0.2, 0) is 16.6 Å². The predicted molar refractivity (Wildman–Crippen MR) is 80.8 cm³/mol. The molecule has 0 saturated heterocycles. The number of nitriles is 1. The van der Waals surface area contributed by atoms with Crippen LogP contribution in [0.5, 0.6) is 0 Å². The molecule has 108 valence electrons. The van der Waals surface area contributed by atoms with Gasteiger partial charge in [0.05, 0.1) is 16.5 Å². The van der Waals surface area contributed by atoms with E-state index in [-0.39, 0.29) is 11.4 Å². The molecule has 3 N–H and O–H groups in total. The Kier molecular flexibility index (Phi) is 4.26. The summed E-state index contributed by atoms with van der Waals surface area (Å²) in [4.78, 5) is 0.147. The lowest BCUT2D eigenvalue weighted by molar-refractivity contribution is 0.581. The predicted octanol–water partition coefficient (Wildman–Crippen LogP) is 1.93. The van der Waals surface area contributed by atoms with Gasteiger partial charge in [-0.3, -0.25) is 0 Å². The van der Waals surface area contributed by atoms with Gasteiger partial charge < -0.3 is 5.73 Å². The van der Waals surface area contributed by atoms with Crippen molar-refractivity contribution in [2.45, 2.75) is 18.4 Å². The van der Waals surface area contributed by atoms with E-state index in [2.05, 4.69) is 4.72 Å². The number of sulfonamides is 1. The Morgan fingerprint density at radius 3 is 2.43 bits per heavy atom. The second-order valence-electron chi connectivity index (χ2n) is 4.71. The molecular weight excluding hydrogens is 286 g/mol. The van der Waals surface area contributed by atoms with Crippen LogP contribution in [-0.4, -0.2) is 8.42 Å². The van der Waals surface area contributed by atoms with Crippen molar-refractivity contribution in [2.24, 2.45) is 0 Å². The second kappa shape index (κ2) is 5.95. The summed E-state index contributed by atoms with van der Waals surface area (Å²) in [5, 5.41) is 8.71. The van der Waals surface area contributed by atoms with E-state index in [4.69, 9.17) is 11.0 Å². The van der Waals surface area contributed by atoms with Crippen LogP contribution in [0.1, 0.15) is 16.7 Å². The number of aryl methyl sites for hydroxylation is 1. The summed E-state index contributed by atoms with van der Waals surface area (Å²) in [6.45, 7) is 1.94.